The predicted molar refractivity (Wildman–Crippen MR) is 52.2 cm³/mol. The van der Waals surface area contributed by atoms with Crippen LogP contribution in [-0.2, 0) is 0 Å². The van der Waals surface area contributed by atoms with E-state index in [1.54, 1.807) is 7.05 Å². The summed E-state index contributed by atoms with van der Waals surface area (Å²) in [5.41, 5.74) is 3.63. The molecule has 1 heteroatoms. The molecular weight excluding hydrogens is 134 g/mol. The molecule has 0 radical (unpaired) electrons. The van der Waals surface area contributed by atoms with Crippen LogP contribution in [0.4, 0.5) is 0 Å². The molecule has 0 bridgehead atoms. The number of hydrogen-bond donors (Lipinski definition) is 0. The van der Waals surface area contributed by atoms with Gasteiger partial charge in [-0.25, -0.2) is 0 Å². The SMILES string of the molecule is C=C(C)C(/C=N\C)=C(/C)CC. The molecule has 0 heterocycles. The van der Waals surface area contributed by atoms with E-state index >= 15 is 0 Å². The van der Waals surface area contributed by atoms with Gasteiger partial charge in [0.15, 0.2) is 0 Å². The van der Waals surface area contributed by atoms with E-state index in [1.165, 1.54) is 11.1 Å². The fourth-order valence-corrected chi connectivity index (χ4v) is 0.904. The molecule has 0 aromatic heterocycles. The molecule has 0 saturated heterocycles. The van der Waals surface area contributed by atoms with Gasteiger partial charge in [-0.15, -0.1) is 0 Å². The highest BCUT2D eigenvalue weighted by Crippen LogP contribution is 2.12. The topological polar surface area (TPSA) is 12.4 Å². The first-order valence-corrected chi connectivity index (χ1v) is 3.91. The predicted octanol–water partition coefficient (Wildman–Crippen LogP) is 2.99. The van der Waals surface area contributed by atoms with Gasteiger partial charge in [0, 0.05) is 13.3 Å². The molecule has 0 aliphatic rings. The highest BCUT2D eigenvalue weighted by molar-refractivity contribution is 5.84. The fourth-order valence-electron chi connectivity index (χ4n) is 0.904. The van der Waals surface area contributed by atoms with Gasteiger partial charge >= 0.3 is 0 Å². The zero-order valence-electron chi connectivity index (χ0n) is 7.94. The van der Waals surface area contributed by atoms with Crippen LogP contribution < -0.4 is 0 Å². The van der Waals surface area contributed by atoms with Crippen LogP contribution in [0.5, 0.6) is 0 Å². The molecule has 62 valence electrons. The van der Waals surface area contributed by atoms with Gasteiger partial charge in [-0.05, 0) is 31.4 Å². The third-order valence-corrected chi connectivity index (χ3v) is 1.71. The van der Waals surface area contributed by atoms with Crippen molar-refractivity contribution >= 4 is 6.21 Å². The summed E-state index contributed by atoms with van der Waals surface area (Å²) >= 11 is 0. The maximum Gasteiger partial charge on any atom is 0.0283 e. The van der Waals surface area contributed by atoms with Crippen molar-refractivity contribution in [1.82, 2.24) is 0 Å². The van der Waals surface area contributed by atoms with E-state index in [-0.39, 0.29) is 0 Å². The van der Waals surface area contributed by atoms with Gasteiger partial charge in [-0.3, -0.25) is 4.99 Å². The summed E-state index contributed by atoms with van der Waals surface area (Å²) in [6.45, 7) is 10.2. The van der Waals surface area contributed by atoms with E-state index in [9.17, 15) is 0 Å². The quantitative estimate of drug-likeness (QED) is 0.434. The molecule has 0 N–H and O–H groups in total. The zero-order valence-corrected chi connectivity index (χ0v) is 7.94. The number of aliphatic imine (C=N–C) groups is 1. The monoisotopic (exact) mass is 151 g/mol. The van der Waals surface area contributed by atoms with E-state index in [2.05, 4.69) is 25.4 Å². The van der Waals surface area contributed by atoms with E-state index in [0.717, 1.165) is 12.0 Å². The van der Waals surface area contributed by atoms with Crippen LogP contribution in [0.1, 0.15) is 27.2 Å². The Hall–Kier alpha value is -0.850. The van der Waals surface area contributed by atoms with Crippen molar-refractivity contribution in [1.29, 1.82) is 0 Å². The number of rotatable bonds is 3. The first kappa shape index (κ1) is 10.2. The Morgan fingerprint density at radius 1 is 1.45 bits per heavy atom. The lowest BCUT2D eigenvalue weighted by molar-refractivity contribution is 1.08. The normalized spacial score (nSPS) is 13.5. The summed E-state index contributed by atoms with van der Waals surface area (Å²) < 4.78 is 0. The average molecular weight is 151 g/mol. The lowest BCUT2D eigenvalue weighted by atomic mass is 10.0. The van der Waals surface area contributed by atoms with Crippen LogP contribution in [0.25, 0.3) is 0 Å². The molecule has 0 atom stereocenters. The summed E-state index contributed by atoms with van der Waals surface area (Å²) in [5.74, 6) is 0. The molecular formula is C10H17N. The molecule has 0 amide bonds. The minimum Gasteiger partial charge on any atom is -0.296 e. The van der Waals surface area contributed by atoms with Crippen molar-refractivity contribution in [3.8, 4) is 0 Å². The summed E-state index contributed by atoms with van der Waals surface area (Å²) in [6.07, 6.45) is 2.94. The van der Waals surface area contributed by atoms with E-state index in [1.807, 2.05) is 13.1 Å². The highest BCUT2D eigenvalue weighted by atomic mass is 14.6. The molecule has 0 aliphatic carbocycles. The van der Waals surface area contributed by atoms with Crippen LogP contribution in [-0.4, -0.2) is 13.3 Å². The van der Waals surface area contributed by atoms with Gasteiger partial charge in [0.05, 0.1) is 0 Å². The molecule has 1 nitrogen and oxygen atoms in total. The number of allylic oxidation sites excluding steroid dienone is 3. The third kappa shape index (κ3) is 3.17. The first-order chi connectivity index (χ1) is 5.13. The van der Waals surface area contributed by atoms with Crippen molar-refractivity contribution in [2.75, 3.05) is 7.05 Å². The Balaban J connectivity index is 4.72. The molecule has 0 saturated carbocycles. The summed E-state index contributed by atoms with van der Waals surface area (Å²) in [7, 11) is 1.78. The van der Waals surface area contributed by atoms with Crippen LogP contribution in [0.3, 0.4) is 0 Å². The van der Waals surface area contributed by atoms with Crippen molar-refractivity contribution < 1.29 is 0 Å². The molecule has 0 spiro atoms. The van der Waals surface area contributed by atoms with Gasteiger partial charge < -0.3 is 0 Å². The molecule has 0 aromatic rings. The average Bonchev–Trinajstić information content (AvgIpc) is 1.98. The van der Waals surface area contributed by atoms with Crippen LogP contribution >= 0.6 is 0 Å². The lowest BCUT2D eigenvalue weighted by Crippen LogP contribution is -1.90. The van der Waals surface area contributed by atoms with Crippen LogP contribution in [0.2, 0.25) is 0 Å². The maximum absolute atomic E-state index is 3.98. The lowest BCUT2D eigenvalue weighted by Gasteiger charge is -2.04. The Morgan fingerprint density at radius 3 is 2.27 bits per heavy atom. The largest absolute Gasteiger partial charge is 0.296 e. The highest BCUT2D eigenvalue weighted by Gasteiger charge is 1.97. The van der Waals surface area contributed by atoms with Gasteiger partial charge in [0.25, 0.3) is 0 Å². The zero-order chi connectivity index (χ0) is 8.85. The maximum atomic E-state index is 3.98. The summed E-state index contributed by atoms with van der Waals surface area (Å²) in [6, 6.07) is 0. The molecule has 0 aromatic carbocycles. The van der Waals surface area contributed by atoms with Gasteiger partial charge in [0.2, 0.25) is 0 Å². The van der Waals surface area contributed by atoms with Crippen molar-refractivity contribution in [3.63, 3.8) is 0 Å². The molecule has 0 fully saturated rings. The van der Waals surface area contributed by atoms with Crippen molar-refractivity contribution in [2.24, 2.45) is 4.99 Å². The van der Waals surface area contributed by atoms with E-state index in [0.29, 0.717) is 0 Å². The second-order valence-corrected chi connectivity index (χ2v) is 2.72. The van der Waals surface area contributed by atoms with E-state index in [4.69, 9.17) is 0 Å². The van der Waals surface area contributed by atoms with Crippen molar-refractivity contribution in [2.45, 2.75) is 27.2 Å². The standard InChI is InChI=1S/C10H17N/c1-6-9(4)10(7-11-5)8(2)3/h7H,2,6H2,1,3-5H3/b10-9-,11-7-. The molecule has 11 heavy (non-hydrogen) atoms. The summed E-state index contributed by atoms with van der Waals surface area (Å²) in [5, 5.41) is 0. The Kier molecular flexibility index (Phi) is 4.51. The van der Waals surface area contributed by atoms with Gasteiger partial charge in [-0.1, -0.05) is 19.1 Å². The number of hydrogen-bond acceptors (Lipinski definition) is 1. The molecule has 0 unspecified atom stereocenters. The minimum atomic E-state index is 1.06. The van der Waals surface area contributed by atoms with Crippen molar-refractivity contribution in [3.05, 3.63) is 23.3 Å². The second kappa shape index (κ2) is 4.89. The number of nitrogens with zero attached hydrogens (tertiary/aromatic N) is 1. The van der Waals surface area contributed by atoms with Crippen LogP contribution in [0.15, 0.2) is 28.3 Å². The minimum absolute atomic E-state index is 1.06. The van der Waals surface area contributed by atoms with Crippen LogP contribution in [0, 0.1) is 0 Å². The van der Waals surface area contributed by atoms with Gasteiger partial charge in [0.1, 0.15) is 0 Å². The molecule has 0 aliphatic heterocycles. The van der Waals surface area contributed by atoms with E-state index < -0.39 is 0 Å². The fraction of sp³-hybridized carbons (Fsp3) is 0.500. The summed E-state index contributed by atoms with van der Waals surface area (Å²) in [4.78, 5) is 3.98. The smallest absolute Gasteiger partial charge is 0.0283 e. The second-order valence-electron chi connectivity index (χ2n) is 2.72. The Bertz CT molecular complexity index is 197. The Morgan fingerprint density at radius 2 is 2.00 bits per heavy atom. The third-order valence-electron chi connectivity index (χ3n) is 1.71. The first-order valence-electron chi connectivity index (χ1n) is 3.91. The molecule has 0 rings (SSSR count). The van der Waals surface area contributed by atoms with Gasteiger partial charge in [-0.2, -0.15) is 0 Å². The Labute approximate surface area is 69.5 Å².